The first-order chi connectivity index (χ1) is 25.1. The lowest BCUT2D eigenvalue weighted by Gasteiger charge is -2.39. The monoisotopic (exact) mass is 763 g/mol. The zero-order chi connectivity index (χ0) is 36.7. The van der Waals surface area contributed by atoms with Crippen molar-refractivity contribution in [1.29, 1.82) is 0 Å². The van der Waals surface area contributed by atoms with Crippen molar-refractivity contribution in [3.8, 4) is 16.2 Å². The lowest BCUT2D eigenvalue weighted by Crippen LogP contribution is -2.53. The number of piperazine rings is 1. The Balaban J connectivity index is 0.969. The molecule has 0 atom stereocenters. The van der Waals surface area contributed by atoms with Crippen LogP contribution in [0.15, 0.2) is 64.2 Å². The van der Waals surface area contributed by atoms with Gasteiger partial charge in [-0.3, -0.25) is 14.5 Å². The Kier molecular flexibility index (Phi) is 12.7. The van der Waals surface area contributed by atoms with E-state index >= 15 is 0 Å². The van der Waals surface area contributed by atoms with Gasteiger partial charge in [0.15, 0.2) is 0 Å². The van der Waals surface area contributed by atoms with Gasteiger partial charge in [-0.05, 0) is 62.5 Å². The molecule has 4 N–H and O–H groups in total. The van der Waals surface area contributed by atoms with Crippen LogP contribution in [0.3, 0.4) is 0 Å². The highest BCUT2D eigenvalue weighted by molar-refractivity contribution is 7.99. The number of anilines is 2. The smallest absolute Gasteiger partial charge is 0.244 e. The Hall–Kier alpha value is -3.79. The second-order valence-corrected chi connectivity index (χ2v) is 15.8. The summed E-state index contributed by atoms with van der Waals surface area (Å²) in [7, 11) is 1.91. The molecule has 0 radical (unpaired) electrons. The van der Waals surface area contributed by atoms with Crippen LogP contribution in [0, 0.1) is 12.3 Å². The van der Waals surface area contributed by atoms with Gasteiger partial charge in [-0.25, -0.2) is 15.0 Å². The highest BCUT2D eigenvalue weighted by Crippen LogP contribution is 2.37. The predicted octanol–water partition coefficient (Wildman–Crippen LogP) is 5.16. The molecule has 2 aromatic heterocycles. The molecule has 12 nitrogen and oxygen atoms in total. The summed E-state index contributed by atoms with van der Waals surface area (Å²) in [4.78, 5) is 47.5. The highest BCUT2D eigenvalue weighted by Gasteiger charge is 2.29. The number of nitrogens with two attached hydrogens (primary N) is 1. The molecule has 2 amide bonds. The lowest BCUT2D eigenvalue weighted by atomic mass is 9.80. The molecule has 276 valence electrons. The number of rotatable bonds is 14. The second-order valence-electron chi connectivity index (χ2n) is 13.5. The van der Waals surface area contributed by atoms with E-state index in [2.05, 4.69) is 60.5 Å². The standard InChI is InChI=1S/C37H46ClN9O3S2/c1-25-36(51-24-43-25)26-7-8-27(18-40-3)29(17-26)50-16-15-45-13-14-47(34(49)22-45)21-32(48)44-28-5-4-6-30(35(28)38)52-33-20-41-31(19-42-33)46-11-9-37(2,23-39)10-12-46/h4-8,17,19-20,24,40H,9-16,18,21-23,39H2,1-3H3,(H,44,48). The number of hydrogen-bond donors (Lipinski definition) is 3. The summed E-state index contributed by atoms with van der Waals surface area (Å²) in [5, 5.41) is 7.20. The summed E-state index contributed by atoms with van der Waals surface area (Å²) < 4.78 is 6.25. The van der Waals surface area contributed by atoms with Crippen LogP contribution in [0.4, 0.5) is 11.5 Å². The normalized spacial score (nSPS) is 16.3. The number of halogens is 1. The molecule has 2 aliphatic rings. The number of piperidine rings is 1. The van der Waals surface area contributed by atoms with Crippen LogP contribution < -0.4 is 26.0 Å². The van der Waals surface area contributed by atoms with E-state index in [0.717, 1.165) is 64.1 Å². The van der Waals surface area contributed by atoms with Gasteiger partial charge in [0, 0.05) is 49.7 Å². The first-order valence-corrected chi connectivity index (χ1v) is 19.6. The van der Waals surface area contributed by atoms with Crippen LogP contribution in [0.2, 0.25) is 5.02 Å². The van der Waals surface area contributed by atoms with Gasteiger partial charge in [0.25, 0.3) is 0 Å². The average molecular weight is 764 g/mol. The highest BCUT2D eigenvalue weighted by atomic mass is 35.5. The summed E-state index contributed by atoms with van der Waals surface area (Å²) in [6, 6.07) is 11.7. The lowest BCUT2D eigenvalue weighted by molar-refractivity contribution is -0.139. The molecule has 0 aliphatic carbocycles. The minimum atomic E-state index is -0.307. The maximum Gasteiger partial charge on any atom is 0.244 e. The Labute approximate surface area is 318 Å². The molecule has 52 heavy (non-hydrogen) atoms. The fourth-order valence-electron chi connectivity index (χ4n) is 6.31. The molecule has 0 unspecified atom stereocenters. The summed E-state index contributed by atoms with van der Waals surface area (Å²) in [5.41, 5.74) is 11.6. The van der Waals surface area contributed by atoms with Crippen LogP contribution in [0.5, 0.6) is 5.75 Å². The number of thiazole rings is 1. The fourth-order valence-corrected chi connectivity index (χ4v) is 8.19. The zero-order valence-electron chi connectivity index (χ0n) is 29.9. The Bertz CT molecular complexity index is 1850. The summed E-state index contributed by atoms with van der Waals surface area (Å²) in [6.45, 7) is 9.71. The third-order valence-corrected chi connectivity index (χ3v) is 12.2. The minimum absolute atomic E-state index is 0.0537. The molecule has 0 saturated carbocycles. The Morgan fingerprint density at radius 1 is 1.12 bits per heavy atom. The largest absolute Gasteiger partial charge is 0.492 e. The van der Waals surface area contributed by atoms with Gasteiger partial charge in [-0.2, -0.15) is 0 Å². The summed E-state index contributed by atoms with van der Waals surface area (Å²) in [5.74, 6) is 1.26. The van der Waals surface area contributed by atoms with Gasteiger partial charge >= 0.3 is 0 Å². The number of aromatic nitrogens is 3. The van der Waals surface area contributed by atoms with E-state index in [4.69, 9.17) is 22.1 Å². The van der Waals surface area contributed by atoms with E-state index in [-0.39, 0.29) is 30.3 Å². The zero-order valence-corrected chi connectivity index (χ0v) is 32.3. The van der Waals surface area contributed by atoms with Crippen LogP contribution in [0.25, 0.3) is 10.4 Å². The van der Waals surface area contributed by atoms with Crippen molar-refractivity contribution in [2.75, 3.05) is 76.2 Å². The molecule has 0 spiro atoms. The topological polar surface area (TPSA) is 142 Å². The minimum Gasteiger partial charge on any atom is -0.492 e. The van der Waals surface area contributed by atoms with Crippen molar-refractivity contribution < 1.29 is 14.3 Å². The fraction of sp³-hybridized carbons (Fsp3) is 0.432. The van der Waals surface area contributed by atoms with Gasteiger partial charge < -0.3 is 30.9 Å². The van der Waals surface area contributed by atoms with E-state index < -0.39 is 0 Å². The quantitative estimate of drug-likeness (QED) is 0.157. The van der Waals surface area contributed by atoms with Crippen molar-refractivity contribution in [1.82, 2.24) is 30.1 Å². The summed E-state index contributed by atoms with van der Waals surface area (Å²) in [6.07, 6.45) is 5.60. The van der Waals surface area contributed by atoms with Gasteiger partial charge in [0.2, 0.25) is 11.8 Å². The molecule has 2 aromatic carbocycles. The van der Waals surface area contributed by atoms with Crippen molar-refractivity contribution in [3.05, 3.63) is 70.6 Å². The molecular weight excluding hydrogens is 718 g/mol. The SMILES string of the molecule is CNCc1ccc(-c2scnc2C)cc1OCCN1CCN(CC(=O)Nc2cccc(Sc3cnc(N4CCC(C)(CN)CC4)cn3)c2Cl)C(=O)C1. The van der Waals surface area contributed by atoms with E-state index in [0.29, 0.717) is 55.1 Å². The average Bonchev–Trinajstić information content (AvgIpc) is 3.58. The maximum atomic E-state index is 13.1. The first-order valence-electron chi connectivity index (χ1n) is 17.5. The Morgan fingerprint density at radius 3 is 2.63 bits per heavy atom. The molecule has 4 aromatic rings. The predicted molar refractivity (Wildman–Crippen MR) is 208 cm³/mol. The second kappa shape index (κ2) is 17.4. The van der Waals surface area contributed by atoms with Crippen molar-refractivity contribution in [3.63, 3.8) is 0 Å². The third kappa shape index (κ3) is 9.41. The van der Waals surface area contributed by atoms with Crippen molar-refractivity contribution in [2.24, 2.45) is 11.1 Å². The van der Waals surface area contributed by atoms with E-state index in [1.807, 2.05) is 31.6 Å². The molecular formula is C37H46ClN9O3S2. The number of aryl methyl sites for hydroxylation is 1. The van der Waals surface area contributed by atoms with Crippen molar-refractivity contribution >= 4 is 58.0 Å². The number of amides is 2. The number of carbonyl (C=O) groups excluding carboxylic acids is 2. The molecule has 2 aliphatic heterocycles. The van der Waals surface area contributed by atoms with Crippen LogP contribution in [-0.4, -0.2) is 103 Å². The number of ether oxygens (including phenoxy) is 1. The summed E-state index contributed by atoms with van der Waals surface area (Å²) >= 11 is 9.73. The van der Waals surface area contributed by atoms with E-state index in [1.54, 1.807) is 34.7 Å². The van der Waals surface area contributed by atoms with Gasteiger partial charge in [-0.1, -0.05) is 48.5 Å². The molecule has 4 heterocycles. The van der Waals surface area contributed by atoms with Gasteiger partial charge in [0.05, 0.1) is 52.3 Å². The molecule has 0 bridgehead atoms. The number of nitrogens with zero attached hydrogens (tertiary/aromatic N) is 6. The van der Waals surface area contributed by atoms with Crippen LogP contribution in [-0.2, 0) is 16.1 Å². The van der Waals surface area contributed by atoms with Crippen LogP contribution >= 0.6 is 34.7 Å². The Morgan fingerprint density at radius 2 is 1.94 bits per heavy atom. The third-order valence-electron chi connectivity index (χ3n) is 9.69. The number of nitrogens with one attached hydrogen (secondary N) is 2. The molecule has 2 saturated heterocycles. The number of benzene rings is 2. The van der Waals surface area contributed by atoms with Gasteiger partial charge in [0.1, 0.15) is 23.2 Å². The number of carbonyl (C=O) groups is 2. The van der Waals surface area contributed by atoms with Gasteiger partial charge in [-0.15, -0.1) is 11.3 Å². The maximum absolute atomic E-state index is 13.1. The van der Waals surface area contributed by atoms with Crippen LogP contribution in [0.1, 0.15) is 31.0 Å². The molecule has 15 heteroatoms. The number of hydrogen-bond acceptors (Lipinski definition) is 12. The molecule has 6 rings (SSSR count). The molecule has 2 fully saturated rings. The van der Waals surface area contributed by atoms with E-state index in [1.165, 1.54) is 11.8 Å². The first kappa shape index (κ1) is 38.0. The van der Waals surface area contributed by atoms with Crippen molar-refractivity contribution in [2.45, 2.75) is 43.2 Å². The van der Waals surface area contributed by atoms with E-state index in [9.17, 15) is 9.59 Å².